The first-order valence-electron chi connectivity index (χ1n) is 13.8. The lowest BCUT2D eigenvalue weighted by molar-refractivity contribution is 0.416. The number of sulfone groups is 1. The van der Waals surface area contributed by atoms with Gasteiger partial charge in [0.15, 0.2) is 15.6 Å². The first kappa shape index (κ1) is 32.2. The normalized spacial score (nSPS) is 12.3. The minimum atomic E-state index is -4.83. The molecule has 12 nitrogen and oxygen atoms in total. The lowest BCUT2D eigenvalue weighted by atomic mass is 10.1. The van der Waals surface area contributed by atoms with Crippen molar-refractivity contribution in [3.05, 3.63) is 96.6 Å². The third kappa shape index (κ3) is 7.04. The zero-order valence-electron chi connectivity index (χ0n) is 24.9. The number of rotatable bonds is 10. The molecule has 0 heterocycles. The molecule has 46 heavy (non-hydrogen) atoms. The second kappa shape index (κ2) is 13.0. The summed E-state index contributed by atoms with van der Waals surface area (Å²) in [5.74, 6) is -0.279. The standard InChI is InChI=1S/C32H29N5O7S2/c1-4-45(39,40)25-13-10-23(11-14-25)34-35-27-19-29(44-3)28(16-20(27)2)36-37-31-30(46(41,42)43)18-21-17-24(12-15-26(21)32(31)38)33-22-8-6-5-7-9-22/h5-19,33,38H,4H2,1-3H3,(H,41,42,43). The Kier molecular flexibility index (Phi) is 9.14. The van der Waals surface area contributed by atoms with Gasteiger partial charge in [0, 0.05) is 22.8 Å². The molecule has 0 atom stereocenters. The summed E-state index contributed by atoms with van der Waals surface area (Å²) in [7, 11) is -6.77. The van der Waals surface area contributed by atoms with Crippen LogP contribution in [-0.4, -0.2) is 39.4 Å². The first-order valence-corrected chi connectivity index (χ1v) is 16.9. The zero-order chi connectivity index (χ0) is 33.1. The van der Waals surface area contributed by atoms with Gasteiger partial charge in [-0.3, -0.25) is 4.55 Å². The average molecular weight is 660 g/mol. The number of hydrogen-bond donors (Lipinski definition) is 3. The molecule has 236 valence electrons. The van der Waals surface area contributed by atoms with Crippen LogP contribution in [0.1, 0.15) is 12.5 Å². The van der Waals surface area contributed by atoms with Crippen LogP contribution < -0.4 is 10.1 Å². The number of aromatic hydroxyl groups is 1. The fourth-order valence-corrected chi connectivity index (χ4v) is 6.07. The summed E-state index contributed by atoms with van der Waals surface area (Å²) in [6.45, 7) is 3.31. The van der Waals surface area contributed by atoms with E-state index in [-0.39, 0.29) is 22.1 Å². The largest absolute Gasteiger partial charge is 0.505 e. The topological polar surface area (TPSA) is 179 Å². The number of methoxy groups -OCH3 is 1. The summed E-state index contributed by atoms with van der Waals surface area (Å²) in [5, 5.41) is 31.5. The van der Waals surface area contributed by atoms with E-state index in [2.05, 4.69) is 25.8 Å². The van der Waals surface area contributed by atoms with E-state index in [0.29, 0.717) is 33.4 Å². The number of nitrogens with one attached hydrogen (secondary N) is 1. The molecule has 5 aromatic rings. The molecule has 0 saturated heterocycles. The zero-order valence-corrected chi connectivity index (χ0v) is 26.5. The number of para-hydroxylation sites is 1. The highest BCUT2D eigenvalue weighted by molar-refractivity contribution is 7.91. The van der Waals surface area contributed by atoms with Crippen LogP contribution in [0.3, 0.4) is 0 Å². The molecule has 0 aromatic heterocycles. The Bertz CT molecular complexity index is 2200. The Morgan fingerprint density at radius 1 is 0.783 bits per heavy atom. The quantitative estimate of drug-likeness (QED) is 0.0986. The molecule has 0 unspecified atom stereocenters. The minimum absolute atomic E-state index is 0.0120. The van der Waals surface area contributed by atoms with Crippen LogP contribution in [0.25, 0.3) is 10.8 Å². The van der Waals surface area contributed by atoms with Gasteiger partial charge in [-0.05, 0) is 84.6 Å². The lowest BCUT2D eigenvalue weighted by Crippen LogP contribution is -2.02. The van der Waals surface area contributed by atoms with Gasteiger partial charge in [0.2, 0.25) is 0 Å². The predicted octanol–water partition coefficient (Wildman–Crippen LogP) is 8.48. The highest BCUT2D eigenvalue weighted by atomic mass is 32.2. The maximum atomic E-state index is 12.4. The molecule has 0 fully saturated rings. The van der Waals surface area contributed by atoms with Crippen molar-refractivity contribution in [1.82, 2.24) is 0 Å². The average Bonchev–Trinajstić information content (AvgIpc) is 3.04. The number of ether oxygens (including phenoxy) is 1. The number of aryl methyl sites for hydroxylation is 1. The number of phenolic OH excluding ortho intramolecular Hbond substituents is 1. The monoisotopic (exact) mass is 659 g/mol. The summed E-state index contributed by atoms with van der Waals surface area (Å²) in [5.41, 5.74) is 2.65. The molecule has 0 spiro atoms. The van der Waals surface area contributed by atoms with Gasteiger partial charge in [0.1, 0.15) is 22.0 Å². The molecule has 14 heteroatoms. The van der Waals surface area contributed by atoms with Gasteiger partial charge in [-0.1, -0.05) is 25.1 Å². The van der Waals surface area contributed by atoms with E-state index in [4.69, 9.17) is 4.74 Å². The highest BCUT2D eigenvalue weighted by Crippen LogP contribution is 2.43. The molecule has 0 amide bonds. The van der Waals surface area contributed by atoms with E-state index < -0.39 is 36.3 Å². The van der Waals surface area contributed by atoms with Gasteiger partial charge in [0.05, 0.1) is 29.1 Å². The molecule has 5 rings (SSSR count). The summed E-state index contributed by atoms with van der Waals surface area (Å²) in [6.07, 6.45) is 0. The summed E-state index contributed by atoms with van der Waals surface area (Å²) in [6, 6.07) is 24.7. The summed E-state index contributed by atoms with van der Waals surface area (Å²) >= 11 is 0. The lowest BCUT2D eigenvalue weighted by Gasteiger charge is -2.12. The number of azo groups is 2. The van der Waals surface area contributed by atoms with E-state index in [0.717, 1.165) is 5.69 Å². The number of hydrogen-bond acceptors (Lipinski definition) is 11. The second-order valence-electron chi connectivity index (χ2n) is 10.1. The molecular formula is C32H29N5O7S2. The predicted molar refractivity (Wildman–Crippen MR) is 175 cm³/mol. The van der Waals surface area contributed by atoms with Crippen LogP contribution in [0.2, 0.25) is 0 Å². The van der Waals surface area contributed by atoms with Crippen LogP contribution in [-0.2, 0) is 20.0 Å². The number of phenols is 1. The molecule has 0 bridgehead atoms. The summed E-state index contributed by atoms with van der Waals surface area (Å²) in [4.78, 5) is -0.432. The van der Waals surface area contributed by atoms with Crippen molar-refractivity contribution in [2.75, 3.05) is 18.2 Å². The molecule has 3 N–H and O–H groups in total. The van der Waals surface area contributed by atoms with Crippen molar-refractivity contribution in [3.63, 3.8) is 0 Å². The van der Waals surface area contributed by atoms with Gasteiger partial charge in [-0.15, -0.1) is 10.2 Å². The number of nitrogens with zero attached hydrogens (tertiary/aromatic N) is 4. The maximum absolute atomic E-state index is 12.4. The van der Waals surface area contributed by atoms with Gasteiger partial charge in [-0.2, -0.15) is 18.6 Å². The van der Waals surface area contributed by atoms with Gasteiger partial charge < -0.3 is 15.2 Å². The fraction of sp³-hybridized carbons (Fsp3) is 0.125. The van der Waals surface area contributed by atoms with Crippen molar-refractivity contribution < 1.29 is 31.2 Å². The number of fused-ring (bicyclic) bond motifs is 1. The van der Waals surface area contributed by atoms with Gasteiger partial charge in [-0.25, -0.2) is 8.42 Å². The minimum Gasteiger partial charge on any atom is -0.505 e. The summed E-state index contributed by atoms with van der Waals surface area (Å²) < 4.78 is 64.3. The van der Waals surface area contributed by atoms with E-state index in [1.165, 1.54) is 25.3 Å². The van der Waals surface area contributed by atoms with Crippen molar-refractivity contribution in [2.45, 2.75) is 23.6 Å². The smallest absolute Gasteiger partial charge is 0.296 e. The van der Waals surface area contributed by atoms with E-state index in [1.807, 2.05) is 30.3 Å². The molecule has 0 radical (unpaired) electrons. The highest BCUT2D eigenvalue weighted by Gasteiger charge is 2.22. The van der Waals surface area contributed by atoms with Crippen molar-refractivity contribution in [1.29, 1.82) is 0 Å². The van der Waals surface area contributed by atoms with Crippen LogP contribution in [0.15, 0.2) is 121 Å². The van der Waals surface area contributed by atoms with Crippen LogP contribution in [0.4, 0.5) is 34.1 Å². The molecule has 0 aliphatic heterocycles. The second-order valence-corrected chi connectivity index (χ2v) is 13.8. The van der Waals surface area contributed by atoms with Crippen LogP contribution >= 0.6 is 0 Å². The van der Waals surface area contributed by atoms with Gasteiger partial charge in [0.25, 0.3) is 10.1 Å². The Morgan fingerprint density at radius 2 is 1.48 bits per heavy atom. The molecule has 0 saturated carbocycles. The number of anilines is 2. The Hall–Kier alpha value is -5.18. The molecule has 5 aromatic carbocycles. The Balaban J connectivity index is 1.47. The van der Waals surface area contributed by atoms with E-state index in [9.17, 15) is 26.5 Å². The van der Waals surface area contributed by atoms with E-state index in [1.54, 1.807) is 56.3 Å². The Morgan fingerprint density at radius 3 is 2.13 bits per heavy atom. The van der Waals surface area contributed by atoms with E-state index >= 15 is 0 Å². The molecule has 0 aliphatic rings. The van der Waals surface area contributed by atoms with Crippen LogP contribution in [0, 0.1) is 6.92 Å². The third-order valence-corrected chi connectivity index (χ3v) is 9.61. The van der Waals surface area contributed by atoms with Gasteiger partial charge >= 0.3 is 0 Å². The molecule has 0 aliphatic carbocycles. The Labute approximate surface area is 265 Å². The number of benzene rings is 5. The van der Waals surface area contributed by atoms with Crippen molar-refractivity contribution in [3.8, 4) is 11.5 Å². The third-order valence-electron chi connectivity index (χ3n) is 7.00. The fourth-order valence-electron chi connectivity index (χ4n) is 4.52. The first-order chi connectivity index (χ1) is 21.9. The van der Waals surface area contributed by atoms with Crippen molar-refractivity contribution >= 4 is 64.9 Å². The SMILES string of the molecule is CCS(=O)(=O)c1ccc(N=Nc2cc(OC)c(N=Nc3c(S(=O)(=O)O)cc4cc(Nc5ccccc5)ccc4c3O)cc2C)cc1. The van der Waals surface area contributed by atoms with Crippen LogP contribution in [0.5, 0.6) is 11.5 Å². The maximum Gasteiger partial charge on any atom is 0.296 e. The molecular weight excluding hydrogens is 631 g/mol. The van der Waals surface area contributed by atoms with Crippen molar-refractivity contribution in [2.24, 2.45) is 20.5 Å².